The van der Waals surface area contributed by atoms with Gasteiger partial charge >= 0.3 is 5.97 Å². The van der Waals surface area contributed by atoms with Crippen molar-refractivity contribution in [3.05, 3.63) is 87.9 Å². The number of ether oxygens (including phenoxy) is 1. The first-order chi connectivity index (χ1) is 15.4. The number of likely N-dealkylation sites (tertiary alicyclic amines) is 1. The van der Waals surface area contributed by atoms with Gasteiger partial charge in [-0.2, -0.15) is 0 Å². The second kappa shape index (κ2) is 9.23. The van der Waals surface area contributed by atoms with Crippen molar-refractivity contribution in [3.63, 3.8) is 0 Å². The van der Waals surface area contributed by atoms with Gasteiger partial charge in [-0.25, -0.2) is 4.79 Å². The zero-order chi connectivity index (χ0) is 22.8. The van der Waals surface area contributed by atoms with E-state index in [2.05, 4.69) is 0 Å². The second-order valence-electron chi connectivity index (χ2n) is 7.61. The van der Waals surface area contributed by atoms with Crippen LogP contribution in [0.2, 0.25) is 10.0 Å². The summed E-state index contributed by atoms with van der Waals surface area (Å²) in [6.07, 6.45) is 0.827. The van der Waals surface area contributed by atoms with Crippen molar-refractivity contribution in [1.29, 1.82) is 0 Å². The molecule has 0 unspecified atom stereocenters. The molecule has 2 atom stereocenters. The average molecular weight is 470 g/mol. The minimum absolute atomic E-state index is 0.337. The third-order valence-corrected chi connectivity index (χ3v) is 6.32. The van der Waals surface area contributed by atoms with Gasteiger partial charge in [0.25, 0.3) is 5.91 Å². The van der Waals surface area contributed by atoms with E-state index in [1.54, 1.807) is 37.4 Å². The fraction of sp³-hybridized carbons (Fsp3) is 0.200. The van der Waals surface area contributed by atoms with E-state index in [-0.39, 0.29) is 5.91 Å². The minimum Gasteiger partial charge on any atom is -0.496 e. The highest BCUT2D eigenvalue weighted by atomic mass is 35.5. The molecule has 1 heterocycles. The Labute approximate surface area is 196 Å². The summed E-state index contributed by atoms with van der Waals surface area (Å²) in [7, 11) is 1.54. The number of carboxylic acids is 1. The molecule has 3 aromatic carbocycles. The number of methoxy groups -OCH3 is 1. The summed E-state index contributed by atoms with van der Waals surface area (Å²) in [6, 6.07) is 18.5. The van der Waals surface area contributed by atoms with Crippen molar-refractivity contribution in [1.82, 2.24) is 4.90 Å². The van der Waals surface area contributed by atoms with E-state index >= 15 is 0 Å². The molecule has 7 heteroatoms. The lowest BCUT2D eigenvalue weighted by Crippen LogP contribution is -2.41. The van der Waals surface area contributed by atoms with Crippen molar-refractivity contribution in [2.24, 2.45) is 0 Å². The summed E-state index contributed by atoms with van der Waals surface area (Å²) in [5, 5.41) is 10.7. The SMILES string of the molecule is COc1cc(C(=O)N2[C@@H](c3ccc(Cl)cc3Cl)CC[C@H]2C(=O)O)ccc1-c1ccccc1. The summed E-state index contributed by atoms with van der Waals surface area (Å²) in [6.45, 7) is 0. The number of hydrogen-bond donors (Lipinski definition) is 1. The fourth-order valence-electron chi connectivity index (χ4n) is 4.24. The topological polar surface area (TPSA) is 66.8 Å². The van der Waals surface area contributed by atoms with E-state index in [1.165, 1.54) is 4.90 Å². The number of carbonyl (C=O) groups is 2. The van der Waals surface area contributed by atoms with E-state index in [4.69, 9.17) is 27.9 Å². The van der Waals surface area contributed by atoms with Crippen LogP contribution in [0.25, 0.3) is 11.1 Å². The second-order valence-corrected chi connectivity index (χ2v) is 8.45. The molecular formula is C25H21Cl2NO4. The van der Waals surface area contributed by atoms with Gasteiger partial charge in [-0.05, 0) is 54.3 Å². The van der Waals surface area contributed by atoms with Crippen LogP contribution in [-0.2, 0) is 4.79 Å². The fourth-order valence-corrected chi connectivity index (χ4v) is 4.78. The van der Waals surface area contributed by atoms with Gasteiger partial charge in [-0.1, -0.05) is 59.6 Å². The van der Waals surface area contributed by atoms with Crippen LogP contribution in [-0.4, -0.2) is 35.0 Å². The van der Waals surface area contributed by atoms with Crippen molar-refractivity contribution < 1.29 is 19.4 Å². The highest BCUT2D eigenvalue weighted by molar-refractivity contribution is 6.35. The molecule has 4 rings (SSSR count). The molecule has 0 aromatic heterocycles. The molecule has 5 nitrogen and oxygen atoms in total. The maximum atomic E-state index is 13.6. The summed E-state index contributed by atoms with van der Waals surface area (Å²) < 4.78 is 5.55. The Morgan fingerprint density at radius 3 is 2.41 bits per heavy atom. The molecular weight excluding hydrogens is 449 g/mol. The van der Waals surface area contributed by atoms with Gasteiger partial charge in [-0.3, -0.25) is 4.79 Å². The Morgan fingerprint density at radius 2 is 1.75 bits per heavy atom. The van der Waals surface area contributed by atoms with E-state index in [1.807, 2.05) is 36.4 Å². The summed E-state index contributed by atoms with van der Waals surface area (Å²) in [4.78, 5) is 26.9. The molecule has 1 amide bonds. The predicted octanol–water partition coefficient (Wildman–Crippen LogP) is 6.10. The monoisotopic (exact) mass is 469 g/mol. The van der Waals surface area contributed by atoms with Crippen molar-refractivity contribution >= 4 is 35.1 Å². The maximum absolute atomic E-state index is 13.6. The number of rotatable bonds is 5. The Kier molecular flexibility index (Phi) is 6.40. The molecule has 1 saturated heterocycles. The number of carbonyl (C=O) groups excluding carboxylic acids is 1. The number of amides is 1. The summed E-state index contributed by atoms with van der Waals surface area (Å²) in [5.74, 6) is -0.892. The van der Waals surface area contributed by atoms with Gasteiger partial charge in [0.1, 0.15) is 11.8 Å². The van der Waals surface area contributed by atoms with Gasteiger partial charge in [0.05, 0.1) is 13.2 Å². The minimum atomic E-state index is -1.04. The van der Waals surface area contributed by atoms with Gasteiger partial charge in [0, 0.05) is 21.2 Å². The van der Waals surface area contributed by atoms with Crippen molar-refractivity contribution in [2.75, 3.05) is 7.11 Å². The molecule has 1 aliphatic heterocycles. The van der Waals surface area contributed by atoms with E-state index in [0.29, 0.717) is 39.8 Å². The number of aliphatic carboxylic acids is 1. The van der Waals surface area contributed by atoms with Crippen molar-refractivity contribution in [3.8, 4) is 16.9 Å². The normalized spacial score (nSPS) is 17.9. The van der Waals surface area contributed by atoms with Crippen LogP contribution in [0.3, 0.4) is 0 Å². The third kappa shape index (κ3) is 4.18. The average Bonchev–Trinajstić information content (AvgIpc) is 3.24. The Hall–Kier alpha value is -3.02. The standard InChI is InChI=1S/C25H21Cl2NO4/c1-32-23-13-16(7-9-18(23)15-5-3-2-4-6-15)24(29)28-21(11-12-22(28)25(30)31)19-10-8-17(26)14-20(19)27/h2-10,13-14,21-22H,11-12H2,1H3,(H,30,31)/t21-,22+/m1/s1. The van der Waals surface area contributed by atoms with Crippen LogP contribution in [0.4, 0.5) is 0 Å². The first-order valence-corrected chi connectivity index (χ1v) is 10.9. The van der Waals surface area contributed by atoms with Crippen LogP contribution in [0.1, 0.15) is 34.8 Å². The van der Waals surface area contributed by atoms with E-state index in [0.717, 1.165) is 11.1 Å². The first kappa shape index (κ1) is 22.2. The number of benzene rings is 3. The highest BCUT2D eigenvalue weighted by Crippen LogP contribution is 2.41. The number of nitrogens with zero attached hydrogens (tertiary/aromatic N) is 1. The summed E-state index contributed by atoms with van der Waals surface area (Å²) >= 11 is 12.4. The van der Waals surface area contributed by atoms with Gasteiger partial charge in [-0.15, -0.1) is 0 Å². The third-order valence-electron chi connectivity index (χ3n) is 5.76. The molecule has 1 aliphatic rings. The number of halogens is 2. The molecule has 164 valence electrons. The molecule has 0 bridgehead atoms. The molecule has 1 N–H and O–H groups in total. The highest BCUT2D eigenvalue weighted by Gasteiger charge is 2.42. The van der Waals surface area contributed by atoms with Gasteiger partial charge < -0.3 is 14.7 Å². The smallest absolute Gasteiger partial charge is 0.326 e. The van der Waals surface area contributed by atoms with Crippen LogP contribution < -0.4 is 4.74 Å². The van der Waals surface area contributed by atoms with Gasteiger partial charge in [0.15, 0.2) is 0 Å². The number of hydrogen-bond acceptors (Lipinski definition) is 3. The molecule has 3 aromatic rings. The quantitative estimate of drug-likeness (QED) is 0.490. The first-order valence-electron chi connectivity index (χ1n) is 10.1. The van der Waals surface area contributed by atoms with Crippen LogP contribution in [0.15, 0.2) is 66.7 Å². The molecule has 1 fully saturated rings. The zero-order valence-electron chi connectivity index (χ0n) is 17.3. The Morgan fingerprint density at radius 1 is 1.00 bits per heavy atom. The van der Waals surface area contributed by atoms with E-state index in [9.17, 15) is 14.7 Å². The maximum Gasteiger partial charge on any atom is 0.326 e. The summed E-state index contributed by atoms with van der Waals surface area (Å²) in [5.41, 5.74) is 2.84. The van der Waals surface area contributed by atoms with Crippen LogP contribution >= 0.6 is 23.2 Å². The molecule has 32 heavy (non-hydrogen) atoms. The molecule has 0 aliphatic carbocycles. The lowest BCUT2D eigenvalue weighted by molar-refractivity contribution is -0.141. The van der Waals surface area contributed by atoms with Crippen molar-refractivity contribution in [2.45, 2.75) is 24.9 Å². The molecule has 0 spiro atoms. The Balaban J connectivity index is 1.73. The predicted molar refractivity (Wildman–Crippen MR) is 124 cm³/mol. The molecule has 0 radical (unpaired) electrons. The number of carboxylic acid groups (broad SMARTS) is 1. The van der Waals surface area contributed by atoms with Gasteiger partial charge in [0.2, 0.25) is 0 Å². The lowest BCUT2D eigenvalue weighted by Gasteiger charge is -2.29. The molecule has 0 saturated carbocycles. The van der Waals surface area contributed by atoms with Crippen LogP contribution in [0.5, 0.6) is 5.75 Å². The zero-order valence-corrected chi connectivity index (χ0v) is 18.8. The Bertz CT molecular complexity index is 1170. The van der Waals surface area contributed by atoms with E-state index < -0.39 is 18.1 Å². The largest absolute Gasteiger partial charge is 0.496 e. The lowest BCUT2D eigenvalue weighted by atomic mass is 10.0. The van der Waals surface area contributed by atoms with Crippen LogP contribution in [0, 0.1) is 0 Å².